The third kappa shape index (κ3) is 3.77. The van der Waals surface area contributed by atoms with Crippen molar-refractivity contribution in [2.24, 2.45) is 0 Å². The summed E-state index contributed by atoms with van der Waals surface area (Å²) < 4.78 is 23.6. The molecule has 3 heterocycles. The van der Waals surface area contributed by atoms with Crippen LogP contribution in [0.5, 0.6) is 28.7 Å². The monoisotopic (exact) mass is 449 g/mol. The summed E-state index contributed by atoms with van der Waals surface area (Å²) in [5, 5.41) is 9.49. The van der Waals surface area contributed by atoms with E-state index < -0.39 is 11.9 Å². The van der Waals surface area contributed by atoms with E-state index in [4.69, 9.17) is 18.9 Å². The fraction of sp³-hybridized carbons (Fsp3) is 0.280. The highest BCUT2D eigenvalue weighted by Gasteiger charge is 2.34. The van der Waals surface area contributed by atoms with Crippen LogP contribution >= 0.6 is 0 Å². The van der Waals surface area contributed by atoms with Crippen LogP contribution < -0.4 is 24.5 Å². The normalized spacial score (nSPS) is 16.3. The number of aryl methyl sites for hydroxylation is 2. The van der Waals surface area contributed by atoms with E-state index >= 15 is 0 Å². The van der Waals surface area contributed by atoms with Gasteiger partial charge in [-0.3, -0.25) is 9.59 Å². The van der Waals surface area contributed by atoms with Crippen LogP contribution in [0.25, 0.3) is 0 Å². The molecule has 0 amide bonds. The molecule has 1 atom stereocenters. The fourth-order valence-corrected chi connectivity index (χ4v) is 4.41. The van der Waals surface area contributed by atoms with Gasteiger partial charge < -0.3 is 28.6 Å². The molecular formula is C25H23NO7. The van der Waals surface area contributed by atoms with E-state index in [2.05, 4.69) is 0 Å². The van der Waals surface area contributed by atoms with E-state index in [0.717, 1.165) is 11.1 Å². The van der Waals surface area contributed by atoms with E-state index in [0.29, 0.717) is 41.5 Å². The maximum atomic E-state index is 13.6. The van der Waals surface area contributed by atoms with E-state index in [1.807, 2.05) is 19.1 Å². The zero-order chi connectivity index (χ0) is 23.1. The van der Waals surface area contributed by atoms with Gasteiger partial charge >= 0.3 is 5.97 Å². The number of rotatable bonds is 5. The molecule has 8 heteroatoms. The summed E-state index contributed by atoms with van der Waals surface area (Å²) in [5.74, 6) is 1.10. The zero-order valence-corrected chi connectivity index (χ0v) is 18.3. The summed E-state index contributed by atoms with van der Waals surface area (Å²) in [4.78, 5) is 26.0. The third-order valence-electron chi connectivity index (χ3n) is 6.09. The number of phenolic OH excluding ortho intramolecular Hbond substituents is 1. The van der Waals surface area contributed by atoms with Gasteiger partial charge in [0.25, 0.3) is 5.56 Å². The predicted octanol–water partition coefficient (Wildman–Crippen LogP) is 3.28. The van der Waals surface area contributed by atoms with Crippen LogP contribution in [0.3, 0.4) is 0 Å². The third-order valence-corrected chi connectivity index (χ3v) is 6.09. The lowest BCUT2D eigenvalue weighted by molar-refractivity contribution is -0.135. The van der Waals surface area contributed by atoms with Crippen LogP contribution in [0.15, 0.2) is 47.3 Å². The van der Waals surface area contributed by atoms with Crippen molar-refractivity contribution in [3.8, 4) is 28.7 Å². The first-order chi connectivity index (χ1) is 15.9. The molecule has 170 valence electrons. The number of hydrogen-bond donors (Lipinski definition) is 1. The van der Waals surface area contributed by atoms with Crippen molar-refractivity contribution in [3.63, 3.8) is 0 Å². The van der Waals surface area contributed by atoms with E-state index in [1.54, 1.807) is 34.9 Å². The van der Waals surface area contributed by atoms with E-state index in [1.165, 1.54) is 7.11 Å². The Kier molecular flexibility index (Phi) is 5.20. The van der Waals surface area contributed by atoms with Gasteiger partial charge in [-0.05, 0) is 48.7 Å². The molecule has 0 bridgehead atoms. The Bertz CT molecular complexity index is 1290. The van der Waals surface area contributed by atoms with Crippen molar-refractivity contribution in [1.82, 2.24) is 4.57 Å². The van der Waals surface area contributed by atoms with Crippen molar-refractivity contribution >= 4 is 5.97 Å². The number of esters is 1. The van der Waals surface area contributed by atoms with Crippen molar-refractivity contribution < 1.29 is 28.8 Å². The molecule has 0 fully saturated rings. The number of hydrogen-bond acceptors (Lipinski definition) is 7. The number of carbonyl (C=O) groups excluding carboxylic acids is 1. The SMILES string of the molecule is COc1cc([C@@H]2CC(=O)Oc3cc(C)n(CCc4ccc(O)cc4)c(=O)c32)cc2c1OCO2. The van der Waals surface area contributed by atoms with Gasteiger partial charge in [0.1, 0.15) is 11.5 Å². The van der Waals surface area contributed by atoms with Gasteiger partial charge in [-0.15, -0.1) is 0 Å². The Hall–Kier alpha value is -3.94. The van der Waals surface area contributed by atoms with E-state index in [9.17, 15) is 14.7 Å². The van der Waals surface area contributed by atoms with Gasteiger partial charge in [-0.1, -0.05) is 12.1 Å². The topological polar surface area (TPSA) is 96.2 Å². The molecule has 0 saturated carbocycles. The average molecular weight is 449 g/mol. The highest BCUT2D eigenvalue weighted by molar-refractivity contribution is 5.78. The summed E-state index contributed by atoms with van der Waals surface area (Å²) in [5.41, 5.74) is 2.67. The first kappa shape index (κ1) is 20.9. The number of fused-ring (bicyclic) bond motifs is 2. The van der Waals surface area contributed by atoms with Gasteiger partial charge in [-0.2, -0.15) is 0 Å². The minimum atomic E-state index is -0.502. The highest BCUT2D eigenvalue weighted by Crippen LogP contribution is 2.46. The molecule has 1 N–H and O–H groups in total. The summed E-state index contributed by atoms with van der Waals surface area (Å²) >= 11 is 0. The molecule has 2 aromatic carbocycles. The molecule has 5 rings (SSSR count). The number of pyridine rings is 1. The molecule has 1 aromatic heterocycles. The molecule has 8 nitrogen and oxygen atoms in total. The Labute approximate surface area is 189 Å². The lowest BCUT2D eigenvalue weighted by atomic mass is 9.86. The molecule has 3 aromatic rings. The highest BCUT2D eigenvalue weighted by atomic mass is 16.7. The number of aromatic hydroxyl groups is 1. The average Bonchev–Trinajstić information content (AvgIpc) is 3.27. The zero-order valence-electron chi connectivity index (χ0n) is 18.3. The quantitative estimate of drug-likeness (QED) is 0.597. The van der Waals surface area contributed by atoms with Crippen molar-refractivity contribution in [3.05, 3.63) is 75.2 Å². The Balaban J connectivity index is 1.56. The maximum absolute atomic E-state index is 13.6. The van der Waals surface area contributed by atoms with Crippen molar-refractivity contribution in [2.75, 3.05) is 13.9 Å². The van der Waals surface area contributed by atoms with Crippen LogP contribution in [0.2, 0.25) is 0 Å². The number of aromatic nitrogens is 1. The number of benzene rings is 2. The minimum absolute atomic E-state index is 0.0338. The Morgan fingerprint density at radius 2 is 1.88 bits per heavy atom. The molecular weight excluding hydrogens is 426 g/mol. The van der Waals surface area contributed by atoms with Gasteiger partial charge in [0, 0.05) is 24.2 Å². The second-order valence-electron chi connectivity index (χ2n) is 8.12. The smallest absolute Gasteiger partial charge is 0.312 e. The first-order valence-corrected chi connectivity index (χ1v) is 10.6. The summed E-state index contributed by atoms with van der Waals surface area (Å²) in [7, 11) is 1.53. The summed E-state index contributed by atoms with van der Waals surface area (Å²) in [6.07, 6.45) is 0.647. The molecule has 0 spiro atoms. The fourth-order valence-electron chi connectivity index (χ4n) is 4.41. The maximum Gasteiger partial charge on any atom is 0.312 e. The lowest BCUT2D eigenvalue weighted by Crippen LogP contribution is -2.33. The summed E-state index contributed by atoms with van der Waals surface area (Å²) in [6, 6.07) is 12.2. The van der Waals surface area contributed by atoms with E-state index in [-0.39, 0.29) is 30.3 Å². The van der Waals surface area contributed by atoms with Crippen LogP contribution in [-0.4, -0.2) is 29.5 Å². The van der Waals surface area contributed by atoms with Crippen LogP contribution in [0.1, 0.15) is 34.7 Å². The molecule has 2 aliphatic heterocycles. The summed E-state index contributed by atoms with van der Waals surface area (Å²) in [6.45, 7) is 2.36. The number of ether oxygens (including phenoxy) is 4. The largest absolute Gasteiger partial charge is 0.508 e. The number of carbonyl (C=O) groups is 1. The molecule has 0 saturated heterocycles. The Morgan fingerprint density at radius 3 is 2.64 bits per heavy atom. The number of nitrogens with zero attached hydrogens (tertiary/aromatic N) is 1. The lowest BCUT2D eigenvalue weighted by Gasteiger charge is -2.26. The van der Waals surface area contributed by atoms with Crippen molar-refractivity contribution in [1.29, 1.82) is 0 Å². The van der Waals surface area contributed by atoms with Gasteiger partial charge in [0.05, 0.1) is 19.1 Å². The molecule has 0 unspecified atom stereocenters. The standard InChI is InChI=1S/C25H23NO7/c1-14-9-19-23(25(29)26(14)8-7-15-3-5-17(27)6-4-15)18(12-22(28)33-19)16-10-20(30-2)24-21(11-16)31-13-32-24/h3-6,9-11,18,27H,7-8,12-13H2,1-2H3/t18-/m0/s1. The minimum Gasteiger partial charge on any atom is -0.508 e. The van der Waals surface area contributed by atoms with Crippen LogP contribution in [-0.2, 0) is 17.8 Å². The van der Waals surface area contributed by atoms with Gasteiger partial charge in [-0.25, -0.2) is 0 Å². The van der Waals surface area contributed by atoms with Crippen LogP contribution in [0, 0.1) is 6.92 Å². The molecule has 2 aliphatic rings. The number of methoxy groups -OCH3 is 1. The van der Waals surface area contributed by atoms with Crippen molar-refractivity contribution in [2.45, 2.75) is 32.2 Å². The second-order valence-corrected chi connectivity index (χ2v) is 8.12. The van der Waals surface area contributed by atoms with Gasteiger partial charge in [0.2, 0.25) is 12.5 Å². The van der Waals surface area contributed by atoms with Crippen LogP contribution in [0.4, 0.5) is 0 Å². The number of phenols is 1. The molecule has 0 aliphatic carbocycles. The van der Waals surface area contributed by atoms with Gasteiger partial charge in [0.15, 0.2) is 11.5 Å². The predicted molar refractivity (Wildman–Crippen MR) is 118 cm³/mol. The first-order valence-electron chi connectivity index (χ1n) is 10.6. The molecule has 33 heavy (non-hydrogen) atoms. The molecule has 0 radical (unpaired) electrons. The second kappa shape index (κ2) is 8.20. The Morgan fingerprint density at radius 1 is 1.09 bits per heavy atom.